The van der Waals surface area contributed by atoms with Gasteiger partial charge in [-0.3, -0.25) is 14.4 Å². The molecule has 1 aromatic carbocycles. The molecule has 0 saturated heterocycles. The Labute approximate surface area is 149 Å². The lowest BCUT2D eigenvalue weighted by molar-refractivity contribution is -0.142. The van der Waals surface area contributed by atoms with Crippen molar-refractivity contribution in [3.63, 3.8) is 0 Å². The number of carboxylic acids is 1. The number of rotatable bonds is 10. The van der Waals surface area contributed by atoms with Crippen LogP contribution in [0.3, 0.4) is 0 Å². The molecule has 8 N–H and O–H groups in total. The predicted molar refractivity (Wildman–Crippen MR) is 90.5 cm³/mol. The minimum atomic E-state index is -1.42. The minimum Gasteiger partial charge on any atom is -0.480 e. The Bertz CT molecular complexity index is 651. The van der Waals surface area contributed by atoms with Gasteiger partial charge in [0, 0.05) is 6.42 Å². The summed E-state index contributed by atoms with van der Waals surface area (Å²) in [6, 6.07) is 4.68. The Morgan fingerprint density at radius 2 is 1.58 bits per heavy atom. The maximum absolute atomic E-state index is 12.2. The molecular formula is C16H22N4O6. The lowest BCUT2D eigenvalue weighted by Crippen LogP contribution is -2.56. The molecule has 0 saturated carbocycles. The molecule has 26 heavy (non-hydrogen) atoms. The maximum Gasteiger partial charge on any atom is 0.326 e. The zero-order valence-electron chi connectivity index (χ0n) is 13.9. The Kier molecular flexibility index (Phi) is 8.19. The second kappa shape index (κ2) is 10.1. The van der Waals surface area contributed by atoms with Gasteiger partial charge in [-0.2, -0.15) is 0 Å². The molecular weight excluding hydrogens is 344 g/mol. The normalized spacial score (nSPS) is 13.9. The van der Waals surface area contributed by atoms with Crippen molar-refractivity contribution in [3.8, 4) is 0 Å². The molecule has 0 aromatic heterocycles. The third kappa shape index (κ3) is 6.87. The number of hydrogen-bond acceptors (Lipinski definition) is 6. The summed E-state index contributed by atoms with van der Waals surface area (Å²) in [5.74, 6) is -3.83. The third-order valence-corrected chi connectivity index (χ3v) is 3.47. The highest BCUT2D eigenvalue weighted by Crippen LogP contribution is 2.04. The van der Waals surface area contributed by atoms with Crippen LogP contribution in [-0.2, 0) is 25.6 Å². The number of carboxylic acid groups (broad SMARTS) is 1. The highest BCUT2D eigenvalue weighted by atomic mass is 16.4. The predicted octanol–water partition coefficient (Wildman–Crippen LogP) is -2.52. The summed E-state index contributed by atoms with van der Waals surface area (Å²) in [5.41, 5.74) is 11.1. The van der Waals surface area contributed by atoms with E-state index in [1.165, 1.54) is 0 Å². The van der Waals surface area contributed by atoms with Gasteiger partial charge in [0.15, 0.2) is 0 Å². The molecule has 0 spiro atoms. The van der Waals surface area contributed by atoms with Gasteiger partial charge in [0.25, 0.3) is 0 Å². The molecule has 10 nitrogen and oxygen atoms in total. The van der Waals surface area contributed by atoms with Gasteiger partial charge in [-0.25, -0.2) is 4.79 Å². The van der Waals surface area contributed by atoms with Crippen LogP contribution < -0.4 is 22.1 Å². The van der Waals surface area contributed by atoms with Crippen molar-refractivity contribution in [2.24, 2.45) is 11.5 Å². The number of aliphatic hydroxyl groups excluding tert-OH is 1. The van der Waals surface area contributed by atoms with E-state index >= 15 is 0 Å². The number of amides is 3. The zero-order chi connectivity index (χ0) is 19.7. The van der Waals surface area contributed by atoms with Crippen molar-refractivity contribution >= 4 is 23.7 Å². The van der Waals surface area contributed by atoms with E-state index in [2.05, 4.69) is 10.6 Å². The van der Waals surface area contributed by atoms with E-state index in [-0.39, 0.29) is 6.42 Å². The first-order valence-electron chi connectivity index (χ1n) is 7.76. The largest absolute Gasteiger partial charge is 0.480 e. The van der Waals surface area contributed by atoms with Crippen molar-refractivity contribution in [2.75, 3.05) is 6.61 Å². The van der Waals surface area contributed by atoms with Crippen LogP contribution in [0.4, 0.5) is 0 Å². The molecule has 0 bridgehead atoms. The van der Waals surface area contributed by atoms with E-state index < -0.39 is 54.8 Å². The Morgan fingerprint density at radius 3 is 2.08 bits per heavy atom. The van der Waals surface area contributed by atoms with Crippen molar-refractivity contribution in [2.45, 2.75) is 31.0 Å². The fourth-order valence-electron chi connectivity index (χ4n) is 2.10. The second-order valence-corrected chi connectivity index (χ2v) is 5.61. The summed E-state index contributed by atoms with van der Waals surface area (Å²) in [4.78, 5) is 46.1. The van der Waals surface area contributed by atoms with E-state index in [9.17, 15) is 29.4 Å². The molecule has 0 radical (unpaired) electrons. The lowest BCUT2D eigenvalue weighted by Gasteiger charge is -2.21. The molecule has 3 atom stereocenters. The first kappa shape index (κ1) is 21.1. The van der Waals surface area contributed by atoms with Crippen LogP contribution in [0.5, 0.6) is 0 Å². The van der Waals surface area contributed by atoms with Gasteiger partial charge in [-0.1, -0.05) is 30.3 Å². The molecule has 142 valence electrons. The molecule has 1 aromatic rings. The quantitative estimate of drug-likeness (QED) is 0.264. The van der Waals surface area contributed by atoms with Crippen LogP contribution in [0.25, 0.3) is 0 Å². The van der Waals surface area contributed by atoms with Crippen LogP contribution in [0.15, 0.2) is 30.3 Å². The number of hydrogen-bond donors (Lipinski definition) is 6. The summed E-state index contributed by atoms with van der Waals surface area (Å²) >= 11 is 0. The Balaban J connectivity index is 2.71. The molecule has 0 aliphatic heterocycles. The number of benzene rings is 1. The Hall–Kier alpha value is -2.98. The topological polar surface area (TPSA) is 185 Å². The van der Waals surface area contributed by atoms with E-state index in [4.69, 9.17) is 11.5 Å². The van der Waals surface area contributed by atoms with Crippen LogP contribution >= 0.6 is 0 Å². The fourth-order valence-corrected chi connectivity index (χ4v) is 2.10. The smallest absolute Gasteiger partial charge is 0.326 e. The van der Waals surface area contributed by atoms with Crippen molar-refractivity contribution in [3.05, 3.63) is 35.9 Å². The number of primary amides is 1. The van der Waals surface area contributed by atoms with Gasteiger partial charge in [0.2, 0.25) is 17.7 Å². The molecule has 0 heterocycles. The molecule has 1 rings (SSSR count). The van der Waals surface area contributed by atoms with E-state index in [0.717, 1.165) is 0 Å². The van der Waals surface area contributed by atoms with Crippen LogP contribution in [0.1, 0.15) is 12.0 Å². The van der Waals surface area contributed by atoms with Gasteiger partial charge in [0.1, 0.15) is 12.1 Å². The average molecular weight is 366 g/mol. The highest BCUT2D eigenvalue weighted by molar-refractivity contribution is 5.93. The highest BCUT2D eigenvalue weighted by Gasteiger charge is 2.28. The standard InChI is InChI=1S/C16H22N4O6/c17-10(7-13(18)22)14(23)20-12(8-21)15(24)19-11(16(25)26)6-9-4-2-1-3-5-9/h1-5,10-12,21H,6-8,17H2,(H2,18,22)(H,19,24)(H,20,23)(H,25,26)/t10-,11-,12-/m0/s1. The van der Waals surface area contributed by atoms with Gasteiger partial charge in [-0.15, -0.1) is 0 Å². The molecule has 0 aliphatic rings. The first-order chi connectivity index (χ1) is 12.2. The SMILES string of the molecule is NC(=O)C[C@H](N)C(=O)N[C@@H](CO)C(=O)N[C@@H](Cc1ccccc1)C(=O)O. The number of nitrogens with two attached hydrogens (primary N) is 2. The van der Waals surface area contributed by atoms with E-state index in [1.807, 2.05) is 0 Å². The van der Waals surface area contributed by atoms with E-state index in [1.54, 1.807) is 30.3 Å². The van der Waals surface area contributed by atoms with Crippen molar-refractivity contribution in [1.29, 1.82) is 0 Å². The van der Waals surface area contributed by atoms with Crippen LogP contribution in [0.2, 0.25) is 0 Å². The molecule has 0 unspecified atom stereocenters. The van der Waals surface area contributed by atoms with Gasteiger partial charge in [-0.05, 0) is 5.56 Å². The first-order valence-corrected chi connectivity index (χ1v) is 7.76. The third-order valence-electron chi connectivity index (χ3n) is 3.47. The van der Waals surface area contributed by atoms with Gasteiger partial charge >= 0.3 is 5.97 Å². The molecule has 0 aliphatic carbocycles. The van der Waals surface area contributed by atoms with Crippen molar-refractivity contribution in [1.82, 2.24) is 10.6 Å². The summed E-state index contributed by atoms with van der Waals surface area (Å²) in [6.07, 6.45) is -0.410. The maximum atomic E-state index is 12.2. The second-order valence-electron chi connectivity index (χ2n) is 5.61. The monoisotopic (exact) mass is 366 g/mol. The lowest BCUT2D eigenvalue weighted by atomic mass is 10.1. The van der Waals surface area contributed by atoms with Crippen LogP contribution in [0, 0.1) is 0 Å². The van der Waals surface area contributed by atoms with E-state index in [0.29, 0.717) is 5.56 Å². The summed E-state index contributed by atoms with van der Waals surface area (Å²) in [6.45, 7) is -0.779. The van der Waals surface area contributed by atoms with Gasteiger partial charge in [0.05, 0.1) is 19.1 Å². The zero-order valence-corrected chi connectivity index (χ0v) is 13.9. The number of carbonyl (C=O) groups is 4. The molecule has 3 amide bonds. The molecule has 10 heteroatoms. The Morgan fingerprint density at radius 1 is 1.00 bits per heavy atom. The molecule has 0 fully saturated rings. The fraction of sp³-hybridized carbons (Fsp3) is 0.375. The minimum absolute atomic E-state index is 0.0230. The van der Waals surface area contributed by atoms with Crippen LogP contribution in [-0.4, -0.2) is 58.6 Å². The average Bonchev–Trinajstić information content (AvgIpc) is 2.58. The summed E-state index contributed by atoms with van der Waals surface area (Å²) < 4.78 is 0. The number of aliphatic carboxylic acids is 1. The van der Waals surface area contributed by atoms with Gasteiger partial charge < -0.3 is 32.3 Å². The summed E-state index contributed by atoms with van der Waals surface area (Å²) in [5, 5.41) is 23.0. The van der Waals surface area contributed by atoms with Crippen molar-refractivity contribution < 1.29 is 29.4 Å². The number of aliphatic hydroxyl groups is 1. The number of carbonyl (C=O) groups excluding carboxylic acids is 3. The number of nitrogens with one attached hydrogen (secondary N) is 2. The summed E-state index contributed by atoms with van der Waals surface area (Å²) in [7, 11) is 0.